The van der Waals surface area contributed by atoms with Gasteiger partial charge >= 0.3 is 6.03 Å². The number of methoxy groups -OCH3 is 1. The molecular weight excluding hydrogens is 354 g/mol. The third-order valence-electron chi connectivity index (χ3n) is 5.15. The average Bonchev–Trinajstić information content (AvgIpc) is 2.77. The fourth-order valence-electron chi connectivity index (χ4n) is 3.55. The number of carbonyl (C=O) groups excluding carboxylic acids is 2. The first-order valence-electron chi connectivity index (χ1n) is 9.58. The minimum atomic E-state index is -0.100. The zero-order valence-electron chi connectivity index (χ0n) is 16.4. The van der Waals surface area contributed by atoms with Gasteiger partial charge in [0, 0.05) is 38.2 Å². The third-order valence-corrected chi connectivity index (χ3v) is 5.15. The summed E-state index contributed by atoms with van der Waals surface area (Å²) in [6, 6.07) is 15.3. The number of hydrogen-bond acceptors (Lipinski definition) is 3. The van der Waals surface area contributed by atoms with Gasteiger partial charge in [-0.05, 0) is 48.2 Å². The van der Waals surface area contributed by atoms with Gasteiger partial charge < -0.3 is 20.3 Å². The van der Waals surface area contributed by atoms with Crippen LogP contribution < -0.4 is 15.4 Å². The maximum Gasteiger partial charge on any atom is 0.317 e. The predicted molar refractivity (Wildman–Crippen MR) is 109 cm³/mol. The Bertz CT molecular complexity index is 820. The van der Waals surface area contributed by atoms with E-state index >= 15 is 0 Å². The second-order valence-corrected chi connectivity index (χ2v) is 7.00. The Hall–Kier alpha value is -3.02. The first-order valence-corrected chi connectivity index (χ1v) is 9.58. The van der Waals surface area contributed by atoms with Crippen molar-refractivity contribution in [3.05, 3.63) is 65.2 Å². The van der Waals surface area contributed by atoms with Crippen LogP contribution in [0.25, 0.3) is 0 Å². The molecule has 3 amide bonds. The lowest BCUT2D eigenvalue weighted by atomic mass is 9.89. The molecule has 2 N–H and O–H groups in total. The van der Waals surface area contributed by atoms with Gasteiger partial charge in [-0.25, -0.2) is 4.79 Å². The van der Waals surface area contributed by atoms with Gasteiger partial charge in [0.05, 0.1) is 7.11 Å². The third kappa shape index (κ3) is 4.82. The Kier molecular flexibility index (Phi) is 6.53. The molecule has 2 aromatic rings. The molecular formula is C22H27N3O3. The molecule has 6 nitrogen and oxygen atoms in total. The summed E-state index contributed by atoms with van der Waals surface area (Å²) in [5, 5.41) is 5.66. The van der Waals surface area contributed by atoms with Crippen LogP contribution in [-0.2, 0) is 6.54 Å². The molecule has 1 heterocycles. The zero-order chi connectivity index (χ0) is 19.9. The fraction of sp³-hybridized carbons (Fsp3) is 0.364. The molecule has 0 spiro atoms. The van der Waals surface area contributed by atoms with E-state index in [4.69, 9.17) is 4.74 Å². The van der Waals surface area contributed by atoms with Crippen LogP contribution in [0.15, 0.2) is 48.5 Å². The Morgan fingerprint density at radius 1 is 1.18 bits per heavy atom. The van der Waals surface area contributed by atoms with Crippen LogP contribution >= 0.6 is 0 Å². The lowest BCUT2D eigenvalue weighted by molar-refractivity contribution is 0.0950. The fourth-order valence-corrected chi connectivity index (χ4v) is 3.55. The second-order valence-electron chi connectivity index (χ2n) is 7.00. The highest BCUT2D eigenvalue weighted by molar-refractivity contribution is 5.94. The molecule has 1 atom stereocenters. The largest absolute Gasteiger partial charge is 0.497 e. The van der Waals surface area contributed by atoms with E-state index in [1.807, 2.05) is 53.4 Å². The minimum Gasteiger partial charge on any atom is -0.497 e. The van der Waals surface area contributed by atoms with Gasteiger partial charge in [-0.15, -0.1) is 0 Å². The van der Waals surface area contributed by atoms with Crippen molar-refractivity contribution < 1.29 is 14.3 Å². The summed E-state index contributed by atoms with van der Waals surface area (Å²) >= 11 is 0. The molecule has 1 fully saturated rings. The maximum absolute atomic E-state index is 12.6. The minimum absolute atomic E-state index is 0.0434. The van der Waals surface area contributed by atoms with Gasteiger partial charge in [0.25, 0.3) is 5.91 Å². The van der Waals surface area contributed by atoms with Gasteiger partial charge in [-0.2, -0.15) is 0 Å². The van der Waals surface area contributed by atoms with E-state index in [0.717, 1.165) is 36.3 Å². The number of hydrogen-bond donors (Lipinski definition) is 2. The van der Waals surface area contributed by atoms with E-state index in [2.05, 4.69) is 10.6 Å². The van der Waals surface area contributed by atoms with Crippen molar-refractivity contribution in [2.45, 2.75) is 25.3 Å². The first-order chi connectivity index (χ1) is 13.6. The molecule has 0 aliphatic carbocycles. The first kappa shape index (κ1) is 19.7. The highest BCUT2D eigenvalue weighted by atomic mass is 16.5. The van der Waals surface area contributed by atoms with Crippen molar-refractivity contribution >= 4 is 11.9 Å². The Labute approximate surface area is 165 Å². The van der Waals surface area contributed by atoms with Crippen molar-refractivity contribution in [2.75, 3.05) is 27.2 Å². The van der Waals surface area contributed by atoms with Gasteiger partial charge in [0.15, 0.2) is 0 Å². The van der Waals surface area contributed by atoms with Gasteiger partial charge in [0.2, 0.25) is 0 Å². The van der Waals surface area contributed by atoms with Gasteiger partial charge in [-0.1, -0.05) is 24.3 Å². The molecule has 2 aromatic carbocycles. The quantitative estimate of drug-likeness (QED) is 0.836. The molecule has 148 valence electrons. The number of carbonyl (C=O) groups is 2. The van der Waals surface area contributed by atoms with Crippen LogP contribution in [0.4, 0.5) is 4.79 Å². The van der Waals surface area contributed by atoms with E-state index < -0.39 is 0 Å². The number of likely N-dealkylation sites (tertiary alicyclic amines) is 1. The molecule has 1 aliphatic heterocycles. The standard InChI is InChI=1S/C22H27N3O3/c1-23-22(27)25-12-4-7-19(15-25)17-5-3-6-18(13-17)21(26)24-14-16-8-10-20(28-2)11-9-16/h3,5-6,8-11,13,19H,4,7,12,14-15H2,1-2H3,(H,23,27)(H,24,26)/t19-/m0/s1. The summed E-state index contributed by atoms with van der Waals surface area (Å²) in [4.78, 5) is 26.3. The highest BCUT2D eigenvalue weighted by Crippen LogP contribution is 2.27. The average molecular weight is 381 g/mol. The smallest absolute Gasteiger partial charge is 0.317 e. The monoisotopic (exact) mass is 381 g/mol. The normalized spacial score (nSPS) is 16.4. The summed E-state index contributed by atoms with van der Waals surface area (Å²) in [5.41, 5.74) is 2.76. The number of ether oxygens (including phenoxy) is 1. The number of urea groups is 1. The van der Waals surface area contributed by atoms with E-state index in [0.29, 0.717) is 18.7 Å². The Balaban J connectivity index is 1.63. The van der Waals surface area contributed by atoms with E-state index in [1.54, 1.807) is 14.2 Å². The van der Waals surface area contributed by atoms with Crippen LogP contribution in [0, 0.1) is 0 Å². The van der Waals surface area contributed by atoms with Crippen molar-refractivity contribution in [1.82, 2.24) is 15.5 Å². The Morgan fingerprint density at radius 2 is 1.96 bits per heavy atom. The lowest BCUT2D eigenvalue weighted by Gasteiger charge is -2.32. The van der Waals surface area contributed by atoms with Crippen LogP contribution in [-0.4, -0.2) is 44.1 Å². The second kappa shape index (κ2) is 9.26. The number of rotatable bonds is 5. The zero-order valence-corrected chi connectivity index (χ0v) is 16.4. The summed E-state index contributed by atoms with van der Waals surface area (Å²) in [5.74, 6) is 0.943. The lowest BCUT2D eigenvalue weighted by Crippen LogP contribution is -2.43. The summed E-state index contributed by atoms with van der Waals surface area (Å²) in [6.45, 7) is 1.91. The molecule has 28 heavy (non-hydrogen) atoms. The number of nitrogens with zero attached hydrogens (tertiary/aromatic N) is 1. The van der Waals surface area contributed by atoms with Gasteiger partial charge in [0.1, 0.15) is 5.75 Å². The highest BCUT2D eigenvalue weighted by Gasteiger charge is 2.24. The number of benzene rings is 2. The number of nitrogens with one attached hydrogen (secondary N) is 2. The van der Waals surface area contributed by atoms with Crippen molar-refractivity contribution in [3.63, 3.8) is 0 Å². The van der Waals surface area contributed by atoms with Crippen LogP contribution in [0.3, 0.4) is 0 Å². The summed E-state index contributed by atoms with van der Waals surface area (Å²) < 4.78 is 5.15. The predicted octanol–water partition coefficient (Wildman–Crippen LogP) is 3.14. The van der Waals surface area contributed by atoms with Crippen LogP contribution in [0.1, 0.15) is 40.2 Å². The van der Waals surface area contributed by atoms with E-state index in [-0.39, 0.29) is 17.9 Å². The molecule has 3 rings (SSSR count). The van der Waals surface area contributed by atoms with Crippen molar-refractivity contribution in [3.8, 4) is 5.75 Å². The van der Waals surface area contributed by atoms with Crippen LogP contribution in [0.5, 0.6) is 5.75 Å². The molecule has 1 aliphatic rings. The molecule has 0 bridgehead atoms. The summed E-state index contributed by atoms with van der Waals surface area (Å²) in [7, 11) is 3.28. The molecule has 6 heteroatoms. The molecule has 0 unspecified atom stereocenters. The SMILES string of the molecule is CNC(=O)N1CCC[C@H](c2cccc(C(=O)NCc3ccc(OC)cc3)c2)C1. The topological polar surface area (TPSA) is 70.7 Å². The van der Waals surface area contributed by atoms with E-state index in [9.17, 15) is 9.59 Å². The van der Waals surface area contributed by atoms with Crippen molar-refractivity contribution in [2.24, 2.45) is 0 Å². The molecule has 0 radical (unpaired) electrons. The van der Waals surface area contributed by atoms with Gasteiger partial charge in [-0.3, -0.25) is 4.79 Å². The van der Waals surface area contributed by atoms with Crippen molar-refractivity contribution in [1.29, 1.82) is 0 Å². The maximum atomic E-state index is 12.6. The summed E-state index contributed by atoms with van der Waals surface area (Å²) in [6.07, 6.45) is 1.98. The molecule has 0 saturated carbocycles. The molecule has 1 saturated heterocycles. The van der Waals surface area contributed by atoms with E-state index in [1.165, 1.54) is 0 Å². The molecule has 0 aromatic heterocycles. The Morgan fingerprint density at radius 3 is 2.68 bits per heavy atom. The van der Waals surface area contributed by atoms with Crippen LogP contribution in [0.2, 0.25) is 0 Å². The number of amides is 3. The number of piperidine rings is 1.